The van der Waals surface area contributed by atoms with Crippen LogP contribution < -0.4 is 24.8 Å². The second kappa shape index (κ2) is 35.5. The smallest absolute Gasteiger partial charge is 0.311 e. The monoisotopic (exact) mass is 1290 g/mol. The fourth-order valence-electron chi connectivity index (χ4n) is 11.1. The number of phenolic OH excluding ortho intramolecular Hbond substituents is 1. The van der Waals surface area contributed by atoms with Gasteiger partial charge in [0.15, 0.2) is 34.6 Å². The molecule has 5 heterocycles. The van der Waals surface area contributed by atoms with Gasteiger partial charge in [-0.1, -0.05) is 50.8 Å². The van der Waals surface area contributed by atoms with Crippen molar-refractivity contribution in [2.75, 3.05) is 81.2 Å². The summed E-state index contributed by atoms with van der Waals surface area (Å²) in [5.74, 6) is -2.75. The van der Waals surface area contributed by atoms with Gasteiger partial charge in [0.05, 0.1) is 95.9 Å². The summed E-state index contributed by atoms with van der Waals surface area (Å²) in [7, 11) is 5.50. The Bertz CT molecular complexity index is 3870. The van der Waals surface area contributed by atoms with Crippen LogP contribution >= 0.6 is 0 Å². The average Bonchev–Trinajstić information content (AvgIpc) is 1.60. The van der Waals surface area contributed by atoms with Gasteiger partial charge < -0.3 is 63.6 Å². The predicted octanol–water partition coefficient (Wildman–Crippen LogP) is 10.9. The number of allylic oxidation sites excluding steroid dienone is 4. The van der Waals surface area contributed by atoms with Crippen molar-refractivity contribution in [1.82, 2.24) is 30.6 Å². The largest absolute Gasteiger partial charge is 0.504 e. The van der Waals surface area contributed by atoms with E-state index in [9.17, 15) is 38.7 Å². The third-order valence-electron chi connectivity index (χ3n) is 16.4. The Labute approximate surface area is 547 Å². The highest BCUT2D eigenvalue weighted by Crippen LogP contribution is 2.43. The lowest BCUT2D eigenvalue weighted by molar-refractivity contribution is -0.141. The number of amides is 2. The molecule has 22 nitrogen and oxygen atoms in total. The number of phenols is 1. The van der Waals surface area contributed by atoms with Gasteiger partial charge in [0, 0.05) is 90.8 Å². The molecule has 94 heavy (non-hydrogen) atoms. The molecule has 2 unspecified atom stereocenters. The number of methoxy groups -OCH3 is 4. The molecule has 0 radical (unpaired) electrons. The zero-order valence-electron chi connectivity index (χ0n) is 55.1. The molecule has 5 N–H and O–H groups in total. The summed E-state index contributed by atoms with van der Waals surface area (Å²) in [4.78, 5) is 108. The molecule has 2 atom stereocenters. The first kappa shape index (κ1) is 71.9. The number of aromatic amines is 2. The normalized spacial score (nSPS) is 13.7. The van der Waals surface area contributed by atoms with E-state index in [0.717, 1.165) is 50.4 Å². The van der Waals surface area contributed by atoms with Crippen LogP contribution in [0.2, 0.25) is 0 Å². The number of carbonyl (C=O) groups excluding carboxylic acids is 7. The number of hydrogen-bond donors (Lipinski definition) is 5. The third-order valence-corrected chi connectivity index (χ3v) is 16.4. The van der Waals surface area contributed by atoms with Crippen LogP contribution in [0.3, 0.4) is 0 Å². The molecule has 2 aliphatic heterocycles. The lowest BCUT2D eigenvalue weighted by Gasteiger charge is -2.18. The van der Waals surface area contributed by atoms with E-state index >= 15 is 0 Å². The van der Waals surface area contributed by atoms with Crippen LogP contribution in [-0.2, 0) is 58.9 Å². The van der Waals surface area contributed by atoms with E-state index in [1.54, 1.807) is 24.3 Å². The molecule has 3 aromatic heterocycles. The Kier molecular flexibility index (Phi) is 27.2. The van der Waals surface area contributed by atoms with E-state index in [0.29, 0.717) is 116 Å². The van der Waals surface area contributed by atoms with Crippen LogP contribution in [0, 0.1) is 13.8 Å². The number of aromatic nitrogens is 4. The van der Waals surface area contributed by atoms with Crippen molar-refractivity contribution in [1.29, 1.82) is 0 Å². The van der Waals surface area contributed by atoms with Gasteiger partial charge in [-0.25, -0.2) is 4.98 Å². The Morgan fingerprint density at radius 3 is 1.90 bits per heavy atom. The van der Waals surface area contributed by atoms with E-state index in [-0.39, 0.29) is 97.7 Å². The lowest BCUT2D eigenvalue weighted by Crippen LogP contribution is -2.26. The molecule has 2 aromatic carbocycles. The quantitative estimate of drug-likeness (QED) is 0.00828. The number of fused-ring (bicyclic) bond motifs is 8. The number of rotatable bonds is 35. The maximum Gasteiger partial charge on any atom is 0.311 e. The zero-order chi connectivity index (χ0) is 67.8. The Morgan fingerprint density at radius 1 is 0.649 bits per heavy atom. The summed E-state index contributed by atoms with van der Waals surface area (Å²) in [5.41, 5.74) is 12.3. The van der Waals surface area contributed by atoms with Crippen molar-refractivity contribution in [3.05, 3.63) is 135 Å². The van der Waals surface area contributed by atoms with Crippen molar-refractivity contribution in [3.63, 3.8) is 0 Å². The van der Waals surface area contributed by atoms with Crippen LogP contribution in [0.15, 0.2) is 73.3 Å². The Balaban J connectivity index is 0.832. The molecule has 22 heteroatoms. The van der Waals surface area contributed by atoms with Crippen LogP contribution in [0.25, 0.3) is 51.4 Å². The van der Waals surface area contributed by atoms with Crippen molar-refractivity contribution in [2.24, 2.45) is 0 Å². The number of ether oxygens (including phenoxy) is 8. The van der Waals surface area contributed by atoms with E-state index < -0.39 is 23.5 Å². The highest BCUT2D eigenvalue weighted by Gasteiger charge is 2.34. The molecule has 0 saturated carbocycles. The number of aryl methyl sites for hydroxylation is 2. The first-order valence-corrected chi connectivity index (χ1v) is 31.5. The third kappa shape index (κ3) is 19.5. The number of nitrogens with zero attached hydrogens (tertiary/aromatic N) is 2. The highest BCUT2D eigenvalue weighted by molar-refractivity contribution is 6.11. The number of benzene rings is 2. The van der Waals surface area contributed by atoms with Crippen molar-refractivity contribution < 1.29 is 76.6 Å². The van der Waals surface area contributed by atoms with Crippen molar-refractivity contribution in [2.45, 2.75) is 111 Å². The minimum absolute atomic E-state index is 0.0109. The van der Waals surface area contributed by atoms with Crippen LogP contribution in [0.1, 0.15) is 157 Å². The van der Waals surface area contributed by atoms with Crippen molar-refractivity contribution in [3.8, 4) is 23.0 Å². The maximum absolute atomic E-state index is 14.6. The summed E-state index contributed by atoms with van der Waals surface area (Å²) >= 11 is 0. The molecule has 0 spiro atoms. The number of H-pyrrole nitrogens is 2. The molecule has 5 aromatic rings. The number of aromatic hydroxyl groups is 1. The van der Waals surface area contributed by atoms with Gasteiger partial charge in [-0.05, 0) is 141 Å². The maximum atomic E-state index is 14.6. The highest BCUT2D eigenvalue weighted by atomic mass is 16.6. The fraction of sp³-hybridized carbons (Fsp3) is 0.403. The molecule has 2 aliphatic rings. The Hall–Kier alpha value is -9.51. The average molecular weight is 1290 g/mol. The van der Waals surface area contributed by atoms with Gasteiger partial charge >= 0.3 is 17.9 Å². The molecular weight excluding hydrogens is 1200 g/mol. The summed E-state index contributed by atoms with van der Waals surface area (Å²) in [6.07, 6.45) is 9.49. The topological polar surface area (TPSA) is 295 Å². The first-order chi connectivity index (χ1) is 45.3. The van der Waals surface area contributed by atoms with Gasteiger partial charge in [0.2, 0.25) is 5.91 Å². The molecular formula is C72H86N6O16. The summed E-state index contributed by atoms with van der Waals surface area (Å²) in [6.45, 7) is 17.0. The summed E-state index contributed by atoms with van der Waals surface area (Å²) in [6, 6.07) is 15.4. The lowest BCUT2D eigenvalue weighted by atomic mass is 9.85. The number of esters is 3. The van der Waals surface area contributed by atoms with Gasteiger partial charge in [-0.3, -0.25) is 38.5 Å². The van der Waals surface area contributed by atoms with Gasteiger partial charge in [0.1, 0.15) is 0 Å². The second-order valence-electron chi connectivity index (χ2n) is 22.6. The molecule has 2 amide bonds. The van der Waals surface area contributed by atoms with Gasteiger partial charge in [-0.2, -0.15) is 0 Å². The molecule has 0 aliphatic carbocycles. The van der Waals surface area contributed by atoms with E-state index in [1.807, 2.05) is 45.0 Å². The van der Waals surface area contributed by atoms with Crippen molar-refractivity contribution >= 4 is 92.7 Å². The molecule has 7 rings (SSSR count). The number of carbonyl (C=O) groups is 7. The molecule has 0 saturated heterocycles. The standard InChI is InChI=1S/C72H86N6O16/c1-11-51-43(3)55-40-57-45(5)53(24-27-66(83)89-9)70(77-57)54(39-68(85)90-10)71-69(46(6)58(78-71)42-60-52(12-2)44(4)56(76-60)41-59(51)75-55)72(86)74-29-15-31-92-33-35-93-34-32-91-30-14-28-73-65(82)16-13-17-67(84)94-62-26-21-48(37-64(62)88-8)19-23-50(80)38-49(79)22-18-47-20-25-61(81)63(36-47)87-7/h11,18-23,25-26,36-37,40-42,45,53,75,78,81H,1,12-17,24,27-35,38-39H2,2-10H3,(H,73,82)(H,74,86)/b22-18+,23-19+,55-40?,56-41?,57-40?,58-42?,59-41?,60-42?,70-54?,71-54?. The zero-order valence-corrected chi connectivity index (χ0v) is 55.1. The van der Waals surface area contributed by atoms with Crippen LogP contribution in [0.5, 0.6) is 23.0 Å². The first-order valence-electron chi connectivity index (χ1n) is 31.5. The minimum Gasteiger partial charge on any atom is -0.504 e. The molecule has 8 bridgehead atoms. The van der Waals surface area contributed by atoms with Gasteiger partial charge in [-0.15, -0.1) is 0 Å². The molecule has 500 valence electrons. The number of nitrogens with one attached hydrogen (secondary N) is 4. The van der Waals surface area contributed by atoms with Crippen LogP contribution in [-0.4, -0.2) is 148 Å². The SMILES string of the molecule is C=Cc1c(C)c2cc3nc(c(CC(=O)OC)c4[nH]c(cc5nc(cc1[nH]2)C(C)=C5CC)c(C)c4C(=O)NCCCOCCOCCOCCCNC(=O)CCCC(=O)Oc1ccc(/C=C/C(=O)CC(=O)/C=C/c2ccc(O)c(OC)c2)cc1OC)C(CCC(=O)OC)C3C. The van der Waals surface area contributed by atoms with Gasteiger partial charge in [0.25, 0.3) is 5.91 Å². The summed E-state index contributed by atoms with van der Waals surface area (Å²) < 4.78 is 43.5. The number of ketones is 2. The Morgan fingerprint density at radius 2 is 1.27 bits per heavy atom. The van der Waals surface area contributed by atoms with E-state index in [2.05, 4.69) is 41.0 Å². The molecule has 0 fully saturated rings. The second-order valence-corrected chi connectivity index (χ2v) is 22.6. The number of hydrogen-bond acceptors (Lipinski definition) is 18. The van der Waals surface area contributed by atoms with E-state index in [4.69, 9.17) is 47.9 Å². The van der Waals surface area contributed by atoms with Crippen LogP contribution in [0.4, 0.5) is 0 Å². The minimum atomic E-state index is -0.549. The summed E-state index contributed by atoms with van der Waals surface area (Å²) in [5, 5.41) is 15.7. The van der Waals surface area contributed by atoms with E-state index in [1.165, 1.54) is 64.9 Å². The predicted molar refractivity (Wildman–Crippen MR) is 358 cm³/mol. The fourth-order valence-corrected chi connectivity index (χ4v) is 11.1.